The van der Waals surface area contributed by atoms with Crippen molar-refractivity contribution in [3.63, 3.8) is 0 Å². The van der Waals surface area contributed by atoms with Gasteiger partial charge in [0, 0.05) is 25.2 Å². The summed E-state index contributed by atoms with van der Waals surface area (Å²) in [5, 5.41) is 2.73. The first kappa shape index (κ1) is 16.0. The fraction of sp³-hybridized carbons (Fsp3) is 0.533. The zero-order valence-electron chi connectivity index (χ0n) is 12.5. The first-order valence-corrected chi connectivity index (χ1v) is 9.03. The summed E-state index contributed by atoms with van der Waals surface area (Å²) in [6, 6.07) is 7.80. The fourth-order valence-corrected chi connectivity index (χ4v) is 4.46. The summed E-state index contributed by atoms with van der Waals surface area (Å²) in [7, 11) is -2.85. The predicted octanol–water partition coefficient (Wildman–Crippen LogP) is 1.65. The number of nitrogens with one attached hydrogen (secondary N) is 1. The van der Waals surface area contributed by atoms with Gasteiger partial charge in [-0.05, 0) is 30.7 Å². The van der Waals surface area contributed by atoms with Crippen LogP contribution in [0.15, 0.2) is 24.3 Å². The maximum Gasteiger partial charge on any atom is 0.221 e. The quantitative estimate of drug-likeness (QED) is 0.898. The standard InChI is InChI=1S/C15H22N2O3S/c1-3-17(15-8-9-21(19,20)11-15)10-13-4-6-14(7-5-13)16-12(2)18/h4-7,15H,3,8-11H2,1-2H3,(H,16,18). The predicted molar refractivity (Wildman–Crippen MR) is 83.9 cm³/mol. The molecule has 0 aromatic heterocycles. The number of sulfone groups is 1. The number of hydrogen-bond acceptors (Lipinski definition) is 4. The minimum Gasteiger partial charge on any atom is -0.326 e. The van der Waals surface area contributed by atoms with Gasteiger partial charge in [-0.15, -0.1) is 0 Å². The van der Waals surface area contributed by atoms with Crippen molar-refractivity contribution in [3.05, 3.63) is 29.8 Å². The number of hydrogen-bond donors (Lipinski definition) is 1. The number of rotatable bonds is 5. The molecule has 1 aliphatic rings. The van der Waals surface area contributed by atoms with Crippen molar-refractivity contribution in [1.82, 2.24) is 4.90 Å². The van der Waals surface area contributed by atoms with Gasteiger partial charge in [0.15, 0.2) is 9.84 Å². The lowest BCUT2D eigenvalue weighted by Crippen LogP contribution is -2.35. The molecule has 0 saturated carbocycles. The third kappa shape index (κ3) is 4.54. The van der Waals surface area contributed by atoms with Gasteiger partial charge < -0.3 is 5.32 Å². The van der Waals surface area contributed by atoms with Gasteiger partial charge in [0.2, 0.25) is 5.91 Å². The Morgan fingerprint density at radius 1 is 1.33 bits per heavy atom. The second kappa shape index (κ2) is 6.58. The van der Waals surface area contributed by atoms with Gasteiger partial charge in [-0.25, -0.2) is 8.42 Å². The molecule has 1 N–H and O–H groups in total. The maximum absolute atomic E-state index is 11.6. The van der Waals surface area contributed by atoms with E-state index in [1.54, 1.807) is 0 Å². The van der Waals surface area contributed by atoms with E-state index in [9.17, 15) is 13.2 Å². The van der Waals surface area contributed by atoms with Crippen molar-refractivity contribution in [2.24, 2.45) is 0 Å². The van der Waals surface area contributed by atoms with Gasteiger partial charge in [-0.1, -0.05) is 19.1 Å². The lowest BCUT2D eigenvalue weighted by Gasteiger charge is -2.26. The summed E-state index contributed by atoms with van der Waals surface area (Å²) in [4.78, 5) is 13.2. The highest BCUT2D eigenvalue weighted by Gasteiger charge is 2.31. The third-order valence-corrected chi connectivity index (χ3v) is 5.54. The number of carbonyl (C=O) groups excluding carboxylic acids is 1. The molecule has 1 aliphatic heterocycles. The van der Waals surface area contributed by atoms with Gasteiger partial charge in [0.05, 0.1) is 11.5 Å². The number of amides is 1. The second-order valence-corrected chi connectivity index (χ2v) is 7.73. The Labute approximate surface area is 126 Å². The van der Waals surface area contributed by atoms with E-state index in [0.29, 0.717) is 5.75 Å². The van der Waals surface area contributed by atoms with Crippen LogP contribution in [-0.2, 0) is 21.2 Å². The average Bonchev–Trinajstić information content (AvgIpc) is 2.77. The van der Waals surface area contributed by atoms with Crippen LogP contribution < -0.4 is 5.32 Å². The molecule has 5 nitrogen and oxygen atoms in total. The minimum absolute atomic E-state index is 0.0888. The normalized spacial score (nSPS) is 20.6. The zero-order valence-corrected chi connectivity index (χ0v) is 13.3. The molecule has 1 saturated heterocycles. The summed E-state index contributed by atoms with van der Waals surface area (Å²) in [5.74, 6) is 0.481. The van der Waals surface area contributed by atoms with Crippen LogP contribution in [0, 0.1) is 0 Å². The molecule has 1 aromatic rings. The van der Waals surface area contributed by atoms with Crippen LogP contribution in [-0.4, -0.2) is 43.3 Å². The molecule has 1 unspecified atom stereocenters. The molecule has 0 radical (unpaired) electrons. The van der Waals surface area contributed by atoms with Gasteiger partial charge in [0.25, 0.3) is 0 Å². The Balaban J connectivity index is 2.00. The highest BCUT2D eigenvalue weighted by Crippen LogP contribution is 2.20. The smallest absolute Gasteiger partial charge is 0.221 e. The fourth-order valence-electron chi connectivity index (χ4n) is 2.69. The van der Waals surface area contributed by atoms with Crippen LogP contribution in [0.4, 0.5) is 5.69 Å². The Bertz CT molecular complexity index is 596. The Hall–Kier alpha value is -1.40. The van der Waals surface area contributed by atoms with E-state index in [1.807, 2.05) is 24.3 Å². The van der Waals surface area contributed by atoms with Crippen molar-refractivity contribution in [3.8, 4) is 0 Å². The molecule has 0 spiro atoms. The van der Waals surface area contributed by atoms with Gasteiger partial charge in [-0.2, -0.15) is 0 Å². The largest absolute Gasteiger partial charge is 0.326 e. The van der Waals surface area contributed by atoms with Crippen LogP contribution in [0.25, 0.3) is 0 Å². The molecule has 1 amide bonds. The van der Waals surface area contributed by atoms with E-state index in [1.165, 1.54) is 6.92 Å². The van der Waals surface area contributed by atoms with E-state index >= 15 is 0 Å². The van der Waals surface area contributed by atoms with E-state index in [4.69, 9.17) is 0 Å². The molecule has 2 rings (SSSR count). The van der Waals surface area contributed by atoms with Gasteiger partial charge in [0.1, 0.15) is 0 Å². The second-order valence-electron chi connectivity index (χ2n) is 5.50. The minimum atomic E-state index is -2.85. The maximum atomic E-state index is 11.6. The Kier molecular flexibility index (Phi) is 5.00. The van der Waals surface area contributed by atoms with Crippen LogP contribution in [0.1, 0.15) is 25.8 Å². The highest BCUT2D eigenvalue weighted by molar-refractivity contribution is 7.91. The molecule has 21 heavy (non-hydrogen) atoms. The van der Waals surface area contributed by atoms with Crippen molar-refractivity contribution in [2.75, 3.05) is 23.4 Å². The third-order valence-electron chi connectivity index (χ3n) is 3.79. The molecule has 1 fully saturated rings. The first-order chi connectivity index (χ1) is 9.89. The van der Waals surface area contributed by atoms with Crippen LogP contribution in [0.5, 0.6) is 0 Å². The lowest BCUT2D eigenvalue weighted by atomic mass is 10.1. The summed E-state index contributed by atoms with van der Waals surface area (Å²) >= 11 is 0. The molecule has 116 valence electrons. The van der Waals surface area contributed by atoms with Crippen molar-refractivity contribution < 1.29 is 13.2 Å². The number of carbonyl (C=O) groups is 1. The van der Waals surface area contributed by atoms with E-state index in [2.05, 4.69) is 17.1 Å². The average molecular weight is 310 g/mol. The summed E-state index contributed by atoms with van der Waals surface area (Å²) < 4.78 is 23.2. The first-order valence-electron chi connectivity index (χ1n) is 7.20. The lowest BCUT2D eigenvalue weighted by molar-refractivity contribution is -0.114. The van der Waals surface area contributed by atoms with E-state index < -0.39 is 9.84 Å². The summed E-state index contributed by atoms with van der Waals surface area (Å²) in [6.07, 6.45) is 0.722. The molecule has 6 heteroatoms. The Morgan fingerprint density at radius 3 is 2.48 bits per heavy atom. The van der Waals surface area contributed by atoms with Crippen LogP contribution >= 0.6 is 0 Å². The number of anilines is 1. The summed E-state index contributed by atoms with van der Waals surface area (Å²) in [6.45, 7) is 5.09. The van der Waals surface area contributed by atoms with E-state index in [-0.39, 0.29) is 17.7 Å². The Morgan fingerprint density at radius 2 is 2.00 bits per heavy atom. The van der Waals surface area contributed by atoms with Gasteiger partial charge in [-0.3, -0.25) is 9.69 Å². The SMILES string of the molecule is CCN(Cc1ccc(NC(C)=O)cc1)C1CCS(=O)(=O)C1. The molecular weight excluding hydrogens is 288 g/mol. The molecule has 1 aromatic carbocycles. The van der Waals surface area contributed by atoms with Crippen molar-refractivity contribution in [2.45, 2.75) is 32.9 Å². The molecule has 1 atom stereocenters. The van der Waals surface area contributed by atoms with Crippen LogP contribution in [0.2, 0.25) is 0 Å². The molecule has 1 heterocycles. The van der Waals surface area contributed by atoms with Crippen LogP contribution in [0.3, 0.4) is 0 Å². The van der Waals surface area contributed by atoms with Gasteiger partial charge >= 0.3 is 0 Å². The molecule has 0 bridgehead atoms. The zero-order chi connectivity index (χ0) is 15.5. The number of nitrogens with zero attached hydrogens (tertiary/aromatic N) is 1. The summed E-state index contributed by atoms with van der Waals surface area (Å²) in [5.41, 5.74) is 1.90. The topological polar surface area (TPSA) is 66.5 Å². The van der Waals surface area contributed by atoms with E-state index in [0.717, 1.165) is 30.8 Å². The van der Waals surface area contributed by atoms with Crippen molar-refractivity contribution >= 4 is 21.4 Å². The monoisotopic (exact) mass is 310 g/mol. The molecule has 0 aliphatic carbocycles. The van der Waals surface area contributed by atoms with Crippen molar-refractivity contribution in [1.29, 1.82) is 0 Å². The highest BCUT2D eigenvalue weighted by atomic mass is 32.2. The number of benzene rings is 1. The molecular formula is C15H22N2O3S.